The van der Waals surface area contributed by atoms with Gasteiger partial charge in [0.25, 0.3) is 0 Å². The van der Waals surface area contributed by atoms with Crippen molar-refractivity contribution in [1.29, 1.82) is 0 Å². The van der Waals surface area contributed by atoms with Gasteiger partial charge in [-0.1, -0.05) is 24.0 Å². The van der Waals surface area contributed by atoms with Crippen molar-refractivity contribution in [2.75, 3.05) is 0 Å². The van der Waals surface area contributed by atoms with Gasteiger partial charge < -0.3 is 5.11 Å². The average Bonchev–Trinajstić information content (AvgIpc) is 2.52. The molecule has 2 rings (SSSR count). The minimum Gasteiger partial charge on any atom is -0.478 e. The molecule has 0 unspecified atom stereocenters. The van der Waals surface area contributed by atoms with Crippen LogP contribution in [0.3, 0.4) is 0 Å². The Balaban J connectivity index is 2.07. The lowest BCUT2D eigenvalue weighted by Gasteiger charge is -1.94. The van der Waals surface area contributed by atoms with Crippen molar-refractivity contribution in [3.8, 4) is 23.7 Å². The summed E-state index contributed by atoms with van der Waals surface area (Å²) in [6, 6.07) is 13.3. The third-order valence-corrected chi connectivity index (χ3v) is 2.90. The first-order valence-corrected chi connectivity index (χ1v) is 6.52. The van der Waals surface area contributed by atoms with Crippen molar-refractivity contribution in [1.82, 2.24) is 0 Å². The number of benzene rings is 2. The van der Waals surface area contributed by atoms with Crippen LogP contribution in [0.5, 0.6) is 0 Å². The maximum absolute atomic E-state index is 11.1. The van der Waals surface area contributed by atoms with Gasteiger partial charge in [-0.3, -0.25) is 4.79 Å². The zero-order valence-electron chi connectivity index (χ0n) is 11.9. The van der Waals surface area contributed by atoms with Gasteiger partial charge in [0.1, 0.15) is 0 Å². The topological polar surface area (TPSA) is 54.4 Å². The van der Waals surface area contributed by atoms with Crippen molar-refractivity contribution in [2.24, 2.45) is 0 Å². The Morgan fingerprint density at radius 2 is 1.18 bits per heavy atom. The summed E-state index contributed by atoms with van der Waals surface area (Å²) in [5, 5.41) is 8.79. The molecule has 0 saturated heterocycles. The molecule has 0 amide bonds. The van der Waals surface area contributed by atoms with Gasteiger partial charge in [-0.2, -0.15) is 0 Å². The summed E-state index contributed by atoms with van der Waals surface area (Å²) in [4.78, 5) is 21.9. The Bertz CT molecular complexity index is 747. The maximum atomic E-state index is 11.1. The molecule has 0 spiro atoms. The molecule has 0 saturated carbocycles. The molecular weight excluding hydrogens is 276 g/mol. The second-order valence-electron chi connectivity index (χ2n) is 4.52. The molecule has 22 heavy (non-hydrogen) atoms. The summed E-state index contributed by atoms with van der Waals surface area (Å²) in [7, 11) is 0. The number of rotatable bonds is 2. The number of hydrogen-bond donors (Lipinski definition) is 1. The molecule has 0 heterocycles. The molecule has 2 aromatic carbocycles. The molecule has 3 heteroatoms. The molecule has 106 valence electrons. The Morgan fingerprint density at radius 1 is 0.773 bits per heavy atom. The second kappa shape index (κ2) is 6.92. The number of carbonyl (C=O) groups is 2. The quantitative estimate of drug-likeness (QED) is 0.682. The molecule has 3 nitrogen and oxygen atoms in total. The summed E-state index contributed by atoms with van der Waals surface area (Å²) in [6.45, 7) is 1.52. The molecule has 0 aliphatic rings. The van der Waals surface area contributed by atoms with Gasteiger partial charge >= 0.3 is 5.97 Å². The van der Waals surface area contributed by atoms with E-state index in [1.807, 2.05) is 0 Å². The predicted octanol–water partition coefficient (Wildman–Crippen LogP) is 2.99. The third-order valence-electron chi connectivity index (χ3n) is 2.90. The molecule has 0 aliphatic heterocycles. The number of aromatic carboxylic acids is 1. The standard InChI is InChI=1S/C19H12O3/c1-14(20)17-10-6-15(7-11-17)4-2-3-5-16-8-12-18(13-9-16)19(21)22/h6-13H,1H3,(H,21,22). The predicted molar refractivity (Wildman–Crippen MR) is 83.6 cm³/mol. The van der Waals surface area contributed by atoms with Crippen LogP contribution in [0.4, 0.5) is 0 Å². The van der Waals surface area contributed by atoms with E-state index in [1.54, 1.807) is 36.4 Å². The van der Waals surface area contributed by atoms with E-state index >= 15 is 0 Å². The number of carboxylic acids is 1. The average molecular weight is 288 g/mol. The van der Waals surface area contributed by atoms with Gasteiger partial charge in [-0.25, -0.2) is 4.79 Å². The lowest BCUT2D eigenvalue weighted by Crippen LogP contribution is -1.94. The van der Waals surface area contributed by atoms with Crippen LogP contribution in [0.25, 0.3) is 0 Å². The van der Waals surface area contributed by atoms with E-state index in [9.17, 15) is 9.59 Å². The number of carbonyl (C=O) groups excluding carboxylic acids is 1. The SMILES string of the molecule is CC(=O)c1ccc(C#CC#Cc2ccc(C(=O)O)cc2)cc1. The lowest BCUT2D eigenvalue weighted by atomic mass is 10.1. The van der Waals surface area contributed by atoms with E-state index in [0.29, 0.717) is 11.1 Å². The highest BCUT2D eigenvalue weighted by molar-refractivity contribution is 5.94. The van der Waals surface area contributed by atoms with Crippen LogP contribution >= 0.6 is 0 Å². The normalized spacial score (nSPS) is 8.95. The van der Waals surface area contributed by atoms with Crippen LogP contribution in [0.1, 0.15) is 38.8 Å². The first-order chi connectivity index (χ1) is 10.6. The monoisotopic (exact) mass is 288 g/mol. The molecule has 0 radical (unpaired) electrons. The molecule has 0 fully saturated rings. The third kappa shape index (κ3) is 4.10. The Morgan fingerprint density at radius 3 is 1.55 bits per heavy atom. The molecule has 0 atom stereocenters. The Kier molecular flexibility index (Phi) is 4.75. The van der Waals surface area contributed by atoms with Crippen molar-refractivity contribution in [3.05, 3.63) is 70.8 Å². The zero-order chi connectivity index (χ0) is 15.9. The van der Waals surface area contributed by atoms with Gasteiger partial charge in [0.05, 0.1) is 5.56 Å². The summed E-state index contributed by atoms with van der Waals surface area (Å²) >= 11 is 0. The Hall–Kier alpha value is -3.30. The summed E-state index contributed by atoms with van der Waals surface area (Å²) < 4.78 is 0. The first kappa shape index (κ1) is 15.1. The summed E-state index contributed by atoms with van der Waals surface area (Å²) in [5.41, 5.74) is 2.35. The van der Waals surface area contributed by atoms with Crippen LogP contribution in [-0.4, -0.2) is 16.9 Å². The van der Waals surface area contributed by atoms with Gasteiger partial charge in [-0.15, -0.1) is 0 Å². The summed E-state index contributed by atoms with van der Waals surface area (Å²) in [6.07, 6.45) is 0. The zero-order valence-corrected chi connectivity index (χ0v) is 11.9. The van der Waals surface area contributed by atoms with Crippen LogP contribution in [-0.2, 0) is 0 Å². The van der Waals surface area contributed by atoms with E-state index in [2.05, 4.69) is 23.7 Å². The maximum Gasteiger partial charge on any atom is 0.335 e. The van der Waals surface area contributed by atoms with Crippen molar-refractivity contribution < 1.29 is 14.7 Å². The number of Topliss-reactive ketones (excluding diaryl/α,β-unsaturated/α-hetero) is 1. The van der Waals surface area contributed by atoms with E-state index in [1.165, 1.54) is 19.1 Å². The van der Waals surface area contributed by atoms with Crippen molar-refractivity contribution in [2.45, 2.75) is 6.92 Å². The lowest BCUT2D eigenvalue weighted by molar-refractivity contribution is 0.0696. The van der Waals surface area contributed by atoms with Crippen LogP contribution in [0, 0.1) is 23.7 Å². The summed E-state index contributed by atoms with van der Waals surface area (Å²) in [5.74, 6) is 10.2. The van der Waals surface area contributed by atoms with Gasteiger partial charge in [0.2, 0.25) is 0 Å². The molecular formula is C19H12O3. The highest BCUT2D eigenvalue weighted by Crippen LogP contribution is 2.04. The van der Waals surface area contributed by atoms with Crippen molar-refractivity contribution >= 4 is 11.8 Å². The fraction of sp³-hybridized carbons (Fsp3) is 0.0526. The highest BCUT2D eigenvalue weighted by atomic mass is 16.4. The fourth-order valence-electron chi connectivity index (χ4n) is 1.69. The number of ketones is 1. The van der Waals surface area contributed by atoms with E-state index < -0.39 is 5.97 Å². The molecule has 0 bridgehead atoms. The smallest absolute Gasteiger partial charge is 0.335 e. The number of hydrogen-bond acceptors (Lipinski definition) is 2. The minimum atomic E-state index is -0.965. The minimum absolute atomic E-state index is 0.0177. The molecule has 2 aromatic rings. The van der Waals surface area contributed by atoms with Gasteiger partial charge in [-0.05, 0) is 55.2 Å². The molecule has 0 aliphatic carbocycles. The van der Waals surface area contributed by atoms with Crippen LogP contribution in [0.2, 0.25) is 0 Å². The Labute approximate surface area is 128 Å². The first-order valence-electron chi connectivity index (χ1n) is 6.52. The second-order valence-corrected chi connectivity index (χ2v) is 4.52. The van der Waals surface area contributed by atoms with E-state index in [-0.39, 0.29) is 11.3 Å². The van der Waals surface area contributed by atoms with Gasteiger partial charge in [0, 0.05) is 16.7 Å². The molecule has 1 N–H and O–H groups in total. The molecule has 0 aromatic heterocycles. The van der Waals surface area contributed by atoms with Gasteiger partial charge in [0.15, 0.2) is 5.78 Å². The largest absolute Gasteiger partial charge is 0.478 e. The number of carboxylic acid groups (broad SMARTS) is 1. The van der Waals surface area contributed by atoms with Crippen molar-refractivity contribution in [3.63, 3.8) is 0 Å². The van der Waals surface area contributed by atoms with Crippen LogP contribution < -0.4 is 0 Å². The van der Waals surface area contributed by atoms with E-state index in [4.69, 9.17) is 5.11 Å². The van der Waals surface area contributed by atoms with Crippen LogP contribution in [0.15, 0.2) is 48.5 Å². The fourth-order valence-corrected chi connectivity index (χ4v) is 1.69. The van der Waals surface area contributed by atoms with E-state index in [0.717, 1.165) is 5.56 Å². The highest BCUT2D eigenvalue weighted by Gasteiger charge is 1.99.